The highest BCUT2D eigenvalue weighted by Gasteiger charge is 2.23. The lowest BCUT2D eigenvalue weighted by molar-refractivity contribution is 0.0244. The van der Waals surface area contributed by atoms with Crippen LogP contribution in [0, 0.1) is 0 Å². The summed E-state index contributed by atoms with van der Waals surface area (Å²) in [5.74, 6) is 0. The van der Waals surface area contributed by atoms with Crippen LogP contribution >= 0.6 is 15.9 Å². The van der Waals surface area contributed by atoms with Crippen LogP contribution in [0.1, 0.15) is 30.5 Å². The van der Waals surface area contributed by atoms with Crippen LogP contribution in [0.4, 0.5) is 0 Å². The minimum absolute atomic E-state index is 0.363. The van der Waals surface area contributed by atoms with Crippen molar-refractivity contribution in [1.29, 1.82) is 0 Å². The van der Waals surface area contributed by atoms with Crippen LogP contribution in [0.3, 0.4) is 0 Å². The third-order valence-electron chi connectivity index (χ3n) is 2.58. The van der Waals surface area contributed by atoms with E-state index in [0.717, 1.165) is 12.8 Å². The molecule has 0 aliphatic heterocycles. The molecule has 0 fully saturated rings. The largest absolute Gasteiger partial charge is 0.302 e. The second-order valence-corrected chi connectivity index (χ2v) is 4.30. The minimum Gasteiger partial charge on any atom is -0.302 e. The van der Waals surface area contributed by atoms with Crippen LogP contribution in [-0.2, 0) is 11.3 Å². The Hall–Kier alpha value is -0.380. The Labute approximate surface area is 92.7 Å². The summed E-state index contributed by atoms with van der Waals surface area (Å²) in [4.78, 5) is 5.25. The number of hydrogen-bond acceptors (Lipinski definition) is 2. The molecular weight excluding hydrogens is 242 g/mol. The molecule has 1 atom stereocenters. The van der Waals surface area contributed by atoms with E-state index in [1.54, 1.807) is 0 Å². The second kappa shape index (κ2) is 4.43. The zero-order valence-corrected chi connectivity index (χ0v) is 9.80. The molecule has 2 rings (SSSR count). The van der Waals surface area contributed by atoms with Crippen molar-refractivity contribution in [1.82, 2.24) is 5.48 Å². The standard InChI is InChI=1S/C11H14BrNO/c1-2-14-13-11-7-6-8-9(11)4-3-5-10(8)12/h3-5,11,13H,2,6-7H2,1H3. The molecule has 1 unspecified atom stereocenters. The maximum atomic E-state index is 5.25. The topological polar surface area (TPSA) is 21.3 Å². The van der Waals surface area contributed by atoms with E-state index in [9.17, 15) is 0 Å². The Morgan fingerprint density at radius 2 is 2.43 bits per heavy atom. The summed E-state index contributed by atoms with van der Waals surface area (Å²) in [5, 5.41) is 0. The summed E-state index contributed by atoms with van der Waals surface area (Å²) in [7, 11) is 0. The van der Waals surface area contributed by atoms with Gasteiger partial charge in [0, 0.05) is 4.47 Å². The summed E-state index contributed by atoms with van der Waals surface area (Å²) in [6.45, 7) is 2.70. The monoisotopic (exact) mass is 255 g/mol. The van der Waals surface area contributed by atoms with Crippen molar-refractivity contribution in [3.63, 3.8) is 0 Å². The van der Waals surface area contributed by atoms with Crippen LogP contribution in [0.2, 0.25) is 0 Å². The molecule has 0 saturated carbocycles. The minimum atomic E-state index is 0.363. The van der Waals surface area contributed by atoms with Crippen molar-refractivity contribution >= 4 is 15.9 Å². The predicted octanol–water partition coefficient (Wildman–Crippen LogP) is 2.98. The highest BCUT2D eigenvalue weighted by Crippen LogP contribution is 2.35. The molecule has 0 aromatic heterocycles. The van der Waals surface area contributed by atoms with Gasteiger partial charge in [-0.3, -0.25) is 0 Å². The van der Waals surface area contributed by atoms with Gasteiger partial charge in [0.25, 0.3) is 0 Å². The first-order valence-corrected chi connectivity index (χ1v) is 5.77. The SMILES string of the molecule is CCONC1CCc2c(Br)cccc21. The fraction of sp³-hybridized carbons (Fsp3) is 0.455. The summed E-state index contributed by atoms with van der Waals surface area (Å²) >= 11 is 3.57. The van der Waals surface area contributed by atoms with Gasteiger partial charge in [-0.05, 0) is 37.0 Å². The molecular formula is C11H14BrNO. The average Bonchev–Trinajstić information content (AvgIpc) is 2.60. The molecule has 0 spiro atoms. The highest BCUT2D eigenvalue weighted by molar-refractivity contribution is 9.10. The lowest BCUT2D eigenvalue weighted by Crippen LogP contribution is -2.19. The van der Waals surface area contributed by atoms with E-state index >= 15 is 0 Å². The van der Waals surface area contributed by atoms with Crippen LogP contribution in [-0.4, -0.2) is 6.61 Å². The number of nitrogens with one attached hydrogen (secondary N) is 1. The van der Waals surface area contributed by atoms with Crippen molar-refractivity contribution in [2.45, 2.75) is 25.8 Å². The predicted molar refractivity (Wildman–Crippen MR) is 60.0 cm³/mol. The number of hydroxylamine groups is 1. The lowest BCUT2D eigenvalue weighted by Gasteiger charge is -2.12. The molecule has 1 aromatic rings. The van der Waals surface area contributed by atoms with Gasteiger partial charge in [-0.25, -0.2) is 0 Å². The fourth-order valence-electron chi connectivity index (χ4n) is 1.92. The normalized spacial score (nSPS) is 19.7. The average molecular weight is 256 g/mol. The molecule has 76 valence electrons. The van der Waals surface area contributed by atoms with Crippen molar-refractivity contribution in [2.75, 3.05) is 6.61 Å². The lowest BCUT2D eigenvalue weighted by atomic mass is 10.1. The maximum Gasteiger partial charge on any atom is 0.0654 e. The zero-order chi connectivity index (χ0) is 9.97. The number of hydrogen-bond donors (Lipinski definition) is 1. The third kappa shape index (κ3) is 1.85. The molecule has 0 amide bonds. The van der Waals surface area contributed by atoms with Crippen molar-refractivity contribution in [3.8, 4) is 0 Å². The van der Waals surface area contributed by atoms with Gasteiger partial charge < -0.3 is 4.84 Å². The Balaban J connectivity index is 2.18. The van der Waals surface area contributed by atoms with E-state index in [-0.39, 0.29) is 0 Å². The summed E-state index contributed by atoms with van der Waals surface area (Å²) in [6.07, 6.45) is 2.25. The van der Waals surface area contributed by atoms with Crippen LogP contribution in [0.5, 0.6) is 0 Å². The van der Waals surface area contributed by atoms with E-state index in [2.05, 4.69) is 39.6 Å². The first-order valence-electron chi connectivity index (χ1n) is 4.97. The highest BCUT2D eigenvalue weighted by atomic mass is 79.9. The number of rotatable bonds is 3. The molecule has 0 radical (unpaired) electrons. The van der Waals surface area contributed by atoms with Gasteiger partial charge >= 0.3 is 0 Å². The van der Waals surface area contributed by atoms with E-state index in [1.165, 1.54) is 15.6 Å². The van der Waals surface area contributed by atoms with Crippen molar-refractivity contribution in [3.05, 3.63) is 33.8 Å². The van der Waals surface area contributed by atoms with Gasteiger partial charge in [-0.2, -0.15) is 5.48 Å². The number of benzene rings is 1. The Kier molecular flexibility index (Phi) is 3.21. The number of halogens is 1. The molecule has 1 aliphatic rings. The summed E-state index contributed by atoms with van der Waals surface area (Å²) in [6, 6.07) is 6.71. The van der Waals surface area contributed by atoms with Gasteiger partial charge in [0.15, 0.2) is 0 Å². The zero-order valence-electron chi connectivity index (χ0n) is 8.22. The molecule has 0 heterocycles. The quantitative estimate of drug-likeness (QED) is 0.839. The molecule has 14 heavy (non-hydrogen) atoms. The van der Waals surface area contributed by atoms with Gasteiger partial charge in [0.1, 0.15) is 0 Å². The first kappa shape index (κ1) is 10.1. The molecule has 1 aromatic carbocycles. The van der Waals surface area contributed by atoms with Gasteiger partial charge in [-0.1, -0.05) is 28.1 Å². The van der Waals surface area contributed by atoms with Crippen LogP contribution in [0.25, 0.3) is 0 Å². The molecule has 3 heteroatoms. The van der Waals surface area contributed by atoms with Gasteiger partial charge in [-0.15, -0.1) is 0 Å². The van der Waals surface area contributed by atoms with Crippen LogP contribution < -0.4 is 5.48 Å². The third-order valence-corrected chi connectivity index (χ3v) is 3.33. The Bertz CT molecular complexity index is 327. The van der Waals surface area contributed by atoms with E-state index < -0.39 is 0 Å². The smallest absolute Gasteiger partial charge is 0.0654 e. The van der Waals surface area contributed by atoms with Crippen molar-refractivity contribution in [2.24, 2.45) is 0 Å². The molecule has 2 nitrogen and oxygen atoms in total. The molecule has 0 saturated heterocycles. The summed E-state index contributed by atoms with van der Waals surface area (Å²) in [5.41, 5.74) is 5.88. The second-order valence-electron chi connectivity index (χ2n) is 3.45. The number of fused-ring (bicyclic) bond motifs is 1. The van der Waals surface area contributed by atoms with Crippen molar-refractivity contribution < 1.29 is 4.84 Å². The molecule has 1 N–H and O–H groups in total. The first-order chi connectivity index (χ1) is 6.83. The fourth-order valence-corrected chi connectivity index (χ4v) is 2.50. The van der Waals surface area contributed by atoms with Gasteiger partial charge in [0.2, 0.25) is 0 Å². The summed E-state index contributed by atoms with van der Waals surface area (Å²) < 4.78 is 1.22. The van der Waals surface area contributed by atoms with Gasteiger partial charge in [0.05, 0.1) is 12.6 Å². The van der Waals surface area contributed by atoms with E-state index in [1.807, 2.05) is 6.92 Å². The van der Waals surface area contributed by atoms with Crippen LogP contribution in [0.15, 0.2) is 22.7 Å². The maximum absolute atomic E-state index is 5.25. The Morgan fingerprint density at radius 3 is 3.21 bits per heavy atom. The van der Waals surface area contributed by atoms with E-state index in [4.69, 9.17) is 4.84 Å². The molecule has 0 bridgehead atoms. The van der Waals surface area contributed by atoms with E-state index in [0.29, 0.717) is 12.6 Å². The molecule has 1 aliphatic carbocycles. The Morgan fingerprint density at radius 1 is 1.57 bits per heavy atom.